The van der Waals surface area contributed by atoms with Crippen LogP contribution in [0.4, 0.5) is 39.5 Å². The molecule has 1 unspecified atom stereocenters. The first-order valence-electron chi connectivity index (χ1n) is 13.4. The van der Waals surface area contributed by atoms with Crippen LogP contribution in [0.3, 0.4) is 0 Å². The van der Waals surface area contributed by atoms with Gasteiger partial charge in [-0.3, -0.25) is 14.8 Å². The van der Waals surface area contributed by atoms with Crippen molar-refractivity contribution in [3.05, 3.63) is 53.7 Å². The molecule has 4 heterocycles. The van der Waals surface area contributed by atoms with E-state index in [1.807, 2.05) is 31.5 Å². The van der Waals surface area contributed by atoms with Gasteiger partial charge < -0.3 is 24.5 Å². The molecule has 0 aliphatic carbocycles. The molecule has 2 aliphatic heterocycles. The van der Waals surface area contributed by atoms with E-state index >= 15 is 0 Å². The lowest BCUT2D eigenvalue weighted by Gasteiger charge is -2.38. The minimum Gasteiger partial charge on any atom is -0.475 e. The van der Waals surface area contributed by atoms with Crippen LogP contribution >= 0.6 is 0 Å². The highest BCUT2D eigenvalue weighted by molar-refractivity contribution is 5.73. The Hall–Kier alpha value is -3.91. The van der Waals surface area contributed by atoms with E-state index < -0.39 is 36.4 Å². The molecule has 47 heavy (non-hydrogen) atoms. The summed E-state index contributed by atoms with van der Waals surface area (Å²) in [7, 11) is 2.20. The van der Waals surface area contributed by atoms with Gasteiger partial charge in [-0.25, -0.2) is 14.4 Å². The zero-order valence-electron chi connectivity index (χ0n) is 24.8. The molecule has 0 aromatic carbocycles. The number of furan rings is 1. The first-order valence-corrected chi connectivity index (χ1v) is 13.4. The maximum Gasteiger partial charge on any atom is 0.490 e. The number of likely N-dealkylation sites (N-methyl/N-ethyl adjacent to an activating group) is 1. The van der Waals surface area contributed by atoms with Crippen molar-refractivity contribution in [1.82, 2.24) is 14.8 Å². The summed E-state index contributed by atoms with van der Waals surface area (Å²) in [5, 5.41) is 21.4. The molecule has 266 valence electrons. The molecule has 0 saturated carbocycles. The molecular formula is C27H32F9N3O8. The number of carboxylic acid groups (broad SMARTS) is 3. The molecule has 4 rings (SSSR count). The Bertz CT molecular complexity index is 1220. The van der Waals surface area contributed by atoms with Gasteiger partial charge in [-0.05, 0) is 57.0 Å². The molecule has 20 heteroatoms. The summed E-state index contributed by atoms with van der Waals surface area (Å²) in [5.41, 5.74) is 1.34. The largest absolute Gasteiger partial charge is 0.490 e. The number of halogens is 9. The summed E-state index contributed by atoms with van der Waals surface area (Å²) in [5.74, 6) is -6.21. The minimum atomic E-state index is -5.08. The standard InChI is InChI=1S/C21H29N3O2.3C2HF3O2/c1-17-5-6-20(26-17)15-24-10-7-21(8-11-24)12-19(16-25-21)23(2)14-18-4-3-9-22-13-18;3*3-2(4,5)1(6)7/h3-6,9,13,19H,7-8,10-12,14-16H2,1-2H3;3*(H,6,7). The fourth-order valence-corrected chi connectivity index (χ4v) is 4.27. The van der Waals surface area contributed by atoms with Crippen LogP contribution in [0.2, 0.25) is 0 Å². The number of carbonyl (C=O) groups is 3. The minimum absolute atomic E-state index is 0.0729. The normalized spacial score (nSPS) is 17.8. The second kappa shape index (κ2) is 17.3. The highest BCUT2D eigenvalue weighted by atomic mass is 19.4. The summed E-state index contributed by atoms with van der Waals surface area (Å²) < 4.78 is 107. The Morgan fingerprint density at radius 2 is 1.40 bits per heavy atom. The van der Waals surface area contributed by atoms with E-state index in [1.165, 1.54) is 5.56 Å². The number of ether oxygens (including phenoxy) is 1. The molecule has 0 amide bonds. The Morgan fingerprint density at radius 3 is 1.79 bits per heavy atom. The zero-order chi connectivity index (χ0) is 36.2. The van der Waals surface area contributed by atoms with Gasteiger partial charge in [0, 0.05) is 38.1 Å². The average molecular weight is 698 g/mol. The number of rotatable bonds is 5. The fourth-order valence-electron chi connectivity index (χ4n) is 4.27. The van der Waals surface area contributed by atoms with Gasteiger partial charge in [0.05, 0.1) is 18.8 Å². The topological polar surface area (TPSA) is 154 Å². The first kappa shape index (κ1) is 41.1. The van der Waals surface area contributed by atoms with Gasteiger partial charge in [0.25, 0.3) is 0 Å². The maximum atomic E-state index is 10.6. The Morgan fingerprint density at radius 1 is 0.915 bits per heavy atom. The van der Waals surface area contributed by atoms with Crippen molar-refractivity contribution in [2.24, 2.45) is 0 Å². The number of nitrogens with zero attached hydrogens (tertiary/aromatic N) is 3. The summed E-state index contributed by atoms with van der Waals surface area (Å²) in [6.07, 6.45) is -8.10. The van der Waals surface area contributed by atoms with Crippen LogP contribution in [0.5, 0.6) is 0 Å². The number of aryl methyl sites for hydroxylation is 1. The Labute approximate surface area is 261 Å². The summed E-state index contributed by atoms with van der Waals surface area (Å²) in [4.78, 5) is 35.8. The van der Waals surface area contributed by atoms with Crippen LogP contribution in [0.1, 0.15) is 36.3 Å². The van der Waals surface area contributed by atoms with Crippen LogP contribution in [0, 0.1) is 6.92 Å². The smallest absolute Gasteiger partial charge is 0.475 e. The van der Waals surface area contributed by atoms with Crippen molar-refractivity contribution in [3.8, 4) is 0 Å². The zero-order valence-corrected chi connectivity index (χ0v) is 24.8. The number of carboxylic acids is 3. The van der Waals surface area contributed by atoms with E-state index in [0.717, 1.165) is 63.6 Å². The van der Waals surface area contributed by atoms with Gasteiger partial charge in [-0.1, -0.05) is 6.07 Å². The average Bonchev–Trinajstić information content (AvgIpc) is 3.56. The van der Waals surface area contributed by atoms with Crippen LogP contribution in [-0.2, 0) is 32.2 Å². The lowest BCUT2D eigenvalue weighted by atomic mass is 9.87. The molecule has 11 nitrogen and oxygen atoms in total. The van der Waals surface area contributed by atoms with Crippen molar-refractivity contribution in [2.75, 3.05) is 26.7 Å². The van der Waals surface area contributed by atoms with Gasteiger partial charge in [-0.15, -0.1) is 0 Å². The molecule has 1 spiro atoms. The Balaban J connectivity index is 0.000000430. The predicted molar refractivity (Wildman–Crippen MR) is 142 cm³/mol. The molecule has 0 radical (unpaired) electrons. The highest BCUT2D eigenvalue weighted by Crippen LogP contribution is 2.38. The van der Waals surface area contributed by atoms with Crippen molar-refractivity contribution >= 4 is 17.9 Å². The number of pyridine rings is 1. The monoisotopic (exact) mass is 697 g/mol. The van der Waals surface area contributed by atoms with Gasteiger partial charge in [0.2, 0.25) is 0 Å². The number of alkyl halides is 9. The Kier molecular flexibility index (Phi) is 15.1. The van der Waals surface area contributed by atoms with E-state index in [-0.39, 0.29) is 5.60 Å². The lowest BCUT2D eigenvalue weighted by molar-refractivity contribution is -0.193. The van der Waals surface area contributed by atoms with Gasteiger partial charge in [-0.2, -0.15) is 39.5 Å². The number of hydrogen-bond donors (Lipinski definition) is 3. The van der Waals surface area contributed by atoms with E-state index in [1.54, 1.807) is 0 Å². The number of aromatic nitrogens is 1. The third kappa shape index (κ3) is 15.5. The molecular weight excluding hydrogens is 665 g/mol. The third-order valence-corrected chi connectivity index (χ3v) is 6.64. The predicted octanol–water partition coefficient (Wildman–Crippen LogP) is 5.14. The van der Waals surface area contributed by atoms with Crippen LogP contribution in [-0.4, -0.2) is 105 Å². The number of aliphatic carboxylic acids is 3. The van der Waals surface area contributed by atoms with Crippen molar-refractivity contribution in [2.45, 2.75) is 69.4 Å². The van der Waals surface area contributed by atoms with Crippen molar-refractivity contribution in [1.29, 1.82) is 0 Å². The summed E-state index contributed by atoms with van der Waals surface area (Å²) in [6.45, 7) is 6.85. The summed E-state index contributed by atoms with van der Waals surface area (Å²) >= 11 is 0. The number of hydrogen-bond acceptors (Lipinski definition) is 8. The van der Waals surface area contributed by atoms with Crippen LogP contribution in [0.25, 0.3) is 0 Å². The van der Waals surface area contributed by atoms with Crippen LogP contribution in [0.15, 0.2) is 41.1 Å². The van der Waals surface area contributed by atoms with Gasteiger partial charge in [0.1, 0.15) is 11.5 Å². The summed E-state index contributed by atoms with van der Waals surface area (Å²) in [6, 6.07) is 8.78. The van der Waals surface area contributed by atoms with Gasteiger partial charge >= 0.3 is 36.4 Å². The van der Waals surface area contributed by atoms with E-state index in [2.05, 4.69) is 34.0 Å². The van der Waals surface area contributed by atoms with E-state index in [4.69, 9.17) is 38.9 Å². The third-order valence-electron chi connectivity index (χ3n) is 6.64. The molecule has 1 atom stereocenters. The van der Waals surface area contributed by atoms with Crippen molar-refractivity contribution in [3.63, 3.8) is 0 Å². The maximum absolute atomic E-state index is 10.6. The van der Waals surface area contributed by atoms with E-state index in [0.29, 0.717) is 6.04 Å². The highest BCUT2D eigenvalue weighted by Gasteiger charge is 2.44. The first-order chi connectivity index (χ1) is 21.4. The fraction of sp³-hybridized carbons (Fsp3) is 0.556. The molecule has 2 fully saturated rings. The molecule has 2 aromatic rings. The van der Waals surface area contributed by atoms with Gasteiger partial charge in [0.15, 0.2) is 0 Å². The second-order valence-corrected chi connectivity index (χ2v) is 10.3. The lowest BCUT2D eigenvalue weighted by Crippen LogP contribution is -2.44. The molecule has 2 aromatic heterocycles. The molecule has 2 saturated heterocycles. The van der Waals surface area contributed by atoms with Crippen molar-refractivity contribution < 1.29 is 78.4 Å². The molecule has 3 N–H and O–H groups in total. The number of likely N-dealkylation sites (tertiary alicyclic amines) is 1. The SMILES string of the molecule is Cc1ccc(CN2CCC3(CC2)CC(N(C)Cc2cccnc2)CO3)o1.O=C(O)C(F)(F)F.O=C(O)C(F)(F)F.O=C(O)C(F)(F)F. The quantitative estimate of drug-likeness (QED) is 0.356. The molecule has 2 aliphatic rings. The second-order valence-electron chi connectivity index (χ2n) is 10.3. The van der Waals surface area contributed by atoms with Crippen LogP contribution < -0.4 is 0 Å². The van der Waals surface area contributed by atoms with E-state index in [9.17, 15) is 39.5 Å². The number of piperidine rings is 1. The molecule has 0 bridgehead atoms.